The Hall–Kier alpha value is -2.50. The van der Waals surface area contributed by atoms with Gasteiger partial charge in [-0.1, -0.05) is 6.07 Å². The second-order valence-corrected chi connectivity index (χ2v) is 6.43. The normalized spacial score (nSPS) is 15.6. The van der Waals surface area contributed by atoms with Crippen LogP contribution in [0.2, 0.25) is 0 Å². The molecule has 0 atom stereocenters. The highest BCUT2D eigenvalue weighted by Gasteiger charge is 2.24. The molecule has 0 amide bonds. The lowest BCUT2D eigenvalue weighted by molar-refractivity contribution is -0.384. The molecule has 1 N–H and O–H groups in total. The number of fused-ring (bicyclic) bond motifs is 1. The zero-order valence-corrected chi connectivity index (χ0v) is 14.4. The molecule has 0 saturated carbocycles. The van der Waals surface area contributed by atoms with Crippen molar-refractivity contribution in [3.8, 4) is 11.5 Å². The Morgan fingerprint density at radius 2 is 2.19 bits per heavy atom. The van der Waals surface area contributed by atoms with Gasteiger partial charge in [0.15, 0.2) is 18.2 Å². The van der Waals surface area contributed by atoms with E-state index in [9.17, 15) is 14.0 Å². The smallest absolute Gasteiger partial charge is 0.319 e. The number of aromatic nitrogens is 4. The van der Waals surface area contributed by atoms with Gasteiger partial charge in [0.05, 0.1) is 29.2 Å². The second-order valence-electron chi connectivity index (χ2n) is 5.92. The lowest BCUT2D eigenvalue weighted by Crippen LogP contribution is -2.35. The van der Waals surface area contributed by atoms with E-state index < -0.39 is 4.92 Å². The molecule has 136 valence electrons. The first-order valence-electron chi connectivity index (χ1n) is 7.96. The van der Waals surface area contributed by atoms with Crippen molar-refractivity contribution in [3.05, 3.63) is 40.1 Å². The van der Waals surface area contributed by atoms with E-state index in [4.69, 9.17) is 4.74 Å². The highest BCUT2D eigenvalue weighted by molar-refractivity contribution is 7.92. The molecule has 0 spiro atoms. The first-order chi connectivity index (χ1) is 12.6. The summed E-state index contributed by atoms with van der Waals surface area (Å²) in [6, 6.07) is 5.80. The van der Waals surface area contributed by atoms with Gasteiger partial charge >= 0.3 is 5.69 Å². The van der Waals surface area contributed by atoms with Gasteiger partial charge in [-0.25, -0.2) is 4.98 Å². The molecule has 1 aliphatic heterocycles. The summed E-state index contributed by atoms with van der Waals surface area (Å²) >= 11 is -0.212. The lowest BCUT2D eigenvalue weighted by Gasteiger charge is -2.26. The van der Waals surface area contributed by atoms with E-state index in [1.165, 1.54) is 0 Å². The van der Waals surface area contributed by atoms with Crippen molar-refractivity contribution in [2.75, 3.05) is 26.3 Å². The molecule has 0 bridgehead atoms. The van der Waals surface area contributed by atoms with Crippen molar-refractivity contribution in [2.45, 2.75) is 6.54 Å². The Kier molecular flexibility index (Phi) is 4.57. The Morgan fingerprint density at radius 3 is 2.92 bits per heavy atom. The fourth-order valence-electron chi connectivity index (χ4n) is 2.97. The molecule has 0 aliphatic carbocycles. The number of ether oxygens (including phenoxy) is 1. The number of halogens is 1. The van der Waals surface area contributed by atoms with Crippen molar-refractivity contribution in [2.24, 2.45) is 0 Å². The maximum absolute atomic E-state index is 12.7. The number of benzene rings is 1. The van der Waals surface area contributed by atoms with E-state index in [0.717, 1.165) is 54.2 Å². The Bertz CT molecular complexity index is 952. The number of nitrogens with zero attached hydrogens (tertiary/aromatic N) is 5. The molecule has 4 rings (SSSR count). The molecule has 0 unspecified atom stereocenters. The van der Waals surface area contributed by atoms with Crippen molar-refractivity contribution in [3.63, 3.8) is 0 Å². The van der Waals surface area contributed by atoms with E-state index in [0.29, 0.717) is 5.52 Å². The van der Waals surface area contributed by atoms with Crippen LogP contribution in [0.15, 0.2) is 24.4 Å². The van der Waals surface area contributed by atoms with Crippen LogP contribution in [0.3, 0.4) is 0 Å². The SMILES string of the molecule is O=[N+]([O-])c1cn(SF)nc1-c1nc2ccc(CN3CCOCC3)cc2[nH]1. The monoisotopic (exact) mass is 378 g/mol. The highest BCUT2D eigenvalue weighted by atomic mass is 32.2. The lowest BCUT2D eigenvalue weighted by atomic mass is 10.2. The minimum atomic E-state index is -0.605. The molecule has 11 heteroatoms. The minimum Gasteiger partial charge on any atom is -0.379 e. The number of morpholine rings is 1. The molecule has 1 aliphatic rings. The predicted molar refractivity (Wildman–Crippen MR) is 94.2 cm³/mol. The summed E-state index contributed by atoms with van der Waals surface area (Å²) in [6.45, 7) is 4.03. The third-order valence-corrected chi connectivity index (χ3v) is 4.55. The molecule has 1 fully saturated rings. The molecular formula is C15H15FN6O3S. The summed E-state index contributed by atoms with van der Waals surface area (Å²) < 4.78 is 18.9. The summed E-state index contributed by atoms with van der Waals surface area (Å²) in [7, 11) is 0. The van der Waals surface area contributed by atoms with E-state index >= 15 is 0 Å². The fraction of sp³-hybridized carbons (Fsp3) is 0.333. The van der Waals surface area contributed by atoms with Crippen LogP contribution >= 0.6 is 12.3 Å². The molecule has 2 aromatic heterocycles. The molecule has 26 heavy (non-hydrogen) atoms. The van der Waals surface area contributed by atoms with Gasteiger partial charge in [-0.3, -0.25) is 15.0 Å². The van der Waals surface area contributed by atoms with Crippen LogP contribution in [0, 0.1) is 10.1 Å². The maximum Gasteiger partial charge on any atom is 0.319 e. The molecule has 0 radical (unpaired) electrons. The quantitative estimate of drug-likeness (QED) is 0.538. The second kappa shape index (κ2) is 7.02. The number of hydrogen-bond donors (Lipinski definition) is 1. The summed E-state index contributed by atoms with van der Waals surface area (Å²) in [4.78, 5) is 20.3. The molecule has 1 aromatic carbocycles. The average Bonchev–Trinajstić information content (AvgIpc) is 3.26. The summed E-state index contributed by atoms with van der Waals surface area (Å²) in [6.07, 6.45) is 1.02. The zero-order valence-electron chi connectivity index (χ0n) is 13.6. The van der Waals surface area contributed by atoms with Gasteiger partial charge in [0.1, 0.15) is 6.20 Å². The van der Waals surface area contributed by atoms with Crippen LogP contribution in [0.25, 0.3) is 22.6 Å². The molecule has 3 aromatic rings. The largest absolute Gasteiger partial charge is 0.379 e. The third-order valence-electron chi connectivity index (χ3n) is 4.22. The van der Waals surface area contributed by atoms with Crippen molar-refractivity contribution in [1.29, 1.82) is 0 Å². The summed E-state index contributed by atoms with van der Waals surface area (Å²) in [5.74, 6) is 0.239. The van der Waals surface area contributed by atoms with Gasteiger partial charge < -0.3 is 9.72 Å². The predicted octanol–water partition coefficient (Wildman–Crippen LogP) is 2.55. The standard InChI is InChI=1S/C15H15FN6O3S/c16-26-21-9-13(22(23)24)14(19-21)15-17-11-2-1-10(7-12(11)18-15)8-20-3-5-25-6-4-20/h1-2,7,9H,3-6,8H2,(H,17,18). The number of nitrogens with one attached hydrogen (secondary N) is 1. The number of imidazole rings is 1. The van der Waals surface area contributed by atoms with Crippen LogP contribution < -0.4 is 0 Å². The Balaban J connectivity index is 1.65. The number of rotatable bonds is 5. The van der Waals surface area contributed by atoms with Gasteiger partial charge in [0.2, 0.25) is 5.69 Å². The van der Waals surface area contributed by atoms with Gasteiger partial charge in [-0.05, 0) is 17.7 Å². The molecule has 1 saturated heterocycles. The van der Waals surface area contributed by atoms with E-state index in [1.54, 1.807) is 0 Å². The van der Waals surface area contributed by atoms with E-state index in [2.05, 4.69) is 20.0 Å². The fourth-order valence-corrected chi connectivity index (χ4v) is 3.22. The van der Waals surface area contributed by atoms with Gasteiger partial charge in [-0.2, -0.15) is 4.09 Å². The van der Waals surface area contributed by atoms with Crippen molar-refractivity contribution < 1.29 is 13.5 Å². The van der Waals surface area contributed by atoms with Gasteiger partial charge in [0.25, 0.3) is 0 Å². The van der Waals surface area contributed by atoms with Crippen LogP contribution in [0.1, 0.15) is 5.56 Å². The van der Waals surface area contributed by atoms with E-state index in [1.807, 2.05) is 18.2 Å². The molecular weight excluding hydrogens is 363 g/mol. The maximum atomic E-state index is 12.7. The Morgan fingerprint density at radius 1 is 1.38 bits per heavy atom. The van der Waals surface area contributed by atoms with Crippen LogP contribution in [-0.2, 0) is 11.3 Å². The van der Waals surface area contributed by atoms with Crippen LogP contribution in [-0.4, -0.2) is 55.3 Å². The number of aromatic amines is 1. The highest BCUT2D eigenvalue weighted by Crippen LogP contribution is 2.30. The topological polar surface area (TPSA) is 102 Å². The van der Waals surface area contributed by atoms with Gasteiger partial charge in [0, 0.05) is 19.6 Å². The third kappa shape index (κ3) is 3.28. The van der Waals surface area contributed by atoms with Crippen LogP contribution in [0.5, 0.6) is 0 Å². The minimum absolute atomic E-state index is 0.00563. The number of nitro groups is 1. The Labute approximate surface area is 151 Å². The van der Waals surface area contributed by atoms with Crippen molar-refractivity contribution >= 4 is 29.1 Å². The van der Waals surface area contributed by atoms with Crippen molar-refractivity contribution in [1.82, 2.24) is 24.1 Å². The first-order valence-corrected chi connectivity index (χ1v) is 8.63. The molecule has 9 nitrogen and oxygen atoms in total. The summed E-state index contributed by atoms with van der Waals surface area (Å²) in [5.41, 5.74) is 2.23. The van der Waals surface area contributed by atoms with Gasteiger partial charge in [-0.15, -0.1) is 8.98 Å². The van der Waals surface area contributed by atoms with E-state index in [-0.39, 0.29) is 29.5 Å². The molecule has 3 heterocycles. The first kappa shape index (κ1) is 16.9. The van der Waals surface area contributed by atoms with Crippen LogP contribution in [0.4, 0.5) is 9.57 Å². The number of H-pyrrole nitrogens is 1. The summed E-state index contributed by atoms with van der Waals surface area (Å²) in [5, 5.41) is 15.1. The zero-order chi connectivity index (χ0) is 18.1. The average molecular weight is 378 g/mol. The number of hydrogen-bond acceptors (Lipinski definition) is 7.